The molecule has 0 fully saturated rings. The standard InChI is InChI=1S/C15H18ClN3O2/c1-4-19-9-13(16)14(18-19)15(20)17-10(2)11-5-7-12(21-3)8-6-11/h5-10H,4H2,1-3H3,(H,17,20)/t10-/m1/s1. The Morgan fingerprint density at radius 3 is 2.62 bits per heavy atom. The molecule has 0 spiro atoms. The highest BCUT2D eigenvalue weighted by atomic mass is 35.5. The molecule has 0 unspecified atom stereocenters. The summed E-state index contributed by atoms with van der Waals surface area (Å²) in [4.78, 5) is 12.2. The molecule has 1 N–H and O–H groups in total. The monoisotopic (exact) mass is 307 g/mol. The van der Waals surface area contributed by atoms with Gasteiger partial charge in [-0.05, 0) is 31.5 Å². The predicted molar refractivity (Wildman–Crippen MR) is 81.8 cm³/mol. The van der Waals surface area contributed by atoms with E-state index < -0.39 is 0 Å². The molecule has 0 aliphatic rings. The molecule has 1 amide bonds. The number of carbonyl (C=O) groups excluding carboxylic acids is 1. The van der Waals surface area contributed by atoms with Gasteiger partial charge in [0, 0.05) is 12.7 Å². The highest BCUT2D eigenvalue weighted by Gasteiger charge is 2.17. The molecule has 2 rings (SSSR count). The van der Waals surface area contributed by atoms with Crippen LogP contribution >= 0.6 is 11.6 Å². The second-order valence-electron chi connectivity index (χ2n) is 4.65. The van der Waals surface area contributed by atoms with Gasteiger partial charge in [-0.1, -0.05) is 23.7 Å². The van der Waals surface area contributed by atoms with Crippen molar-refractivity contribution in [3.8, 4) is 5.75 Å². The number of carbonyl (C=O) groups is 1. The third-order valence-corrected chi connectivity index (χ3v) is 3.50. The lowest BCUT2D eigenvalue weighted by atomic mass is 10.1. The molecule has 0 saturated carbocycles. The van der Waals surface area contributed by atoms with Gasteiger partial charge < -0.3 is 10.1 Å². The van der Waals surface area contributed by atoms with Gasteiger partial charge in [0.15, 0.2) is 5.69 Å². The highest BCUT2D eigenvalue weighted by molar-refractivity contribution is 6.33. The van der Waals surface area contributed by atoms with E-state index in [1.54, 1.807) is 18.0 Å². The Bertz CT molecular complexity index is 622. The Labute approximate surface area is 128 Å². The lowest BCUT2D eigenvalue weighted by Crippen LogP contribution is -2.27. The Kier molecular flexibility index (Phi) is 4.85. The van der Waals surface area contributed by atoms with E-state index >= 15 is 0 Å². The number of nitrogens with zero attached hydrogens (tertiary/aromatic N) is 2. The molecule has 0 aliphatic carbocycles. The number of ether oxygens (including phenoxy) is 1. The van der Waals surface area contributed by atoms with Crippen LogP contribution in [0.5, 0.6) is 5.75 Å². The van der Waals surface area contributed by atoms with Crippen LogP contribution < -0.4 is 10.1 Å². The zero-order valence-electron chi connectivity index (χ0n) is 12.3. The SMILES string of the molecule is CCn1cc(Cl)c(C(=O)N[C@H](C)c2ccc(OC)cc2)n1. The van der Waals surface area contributed by atoms with Crippen LogP contribution in [0.4, 0.5) is 0 Å². The van der Waals surface area contributed by atoms with E-state index in [-0.39, 0.29) is 17.6 Å². The van der Waals surface area contributed by atoms with Crippen LogP contribution in [0.3, 0.4) is 0 Å². The topological polar surface area (TPSA) is 56.2 Å². The molecule has 21 heavy (non-hydrogen) atoms. The molecule has 2 aromatic rings. The van der Waals surface area contributed by atoms with Gasteiger partial charge in [0.05, 0.1) is 18.2 Å². The van der Waals surface area contributed by atoms with Crippen molar-refractivity contribution in [2.45, 2.75) is 26.4 Å². The van der Waals surface area contributed by atoms with Gasteiger partial charge in [-0.15, -0.1) is 0 Å². The first-order valence-electron chi connectivity index (χ1n) is 6.73. The van der Waals surface area contributed by atoms with Gasteiger partial charge in [0.25, 0.3) is 5.91 Å². The number of hydrogen-bond acceptors (Lipinski definition) is 3. The summed E-state index contributed by atoms with van der Waals surface area (Å²) in [6, 6.07) is 7.39. The van der Waals surface area contributed by atoms with E-state index in [1.807, 2.05) is 38.1 Å². The number of methoxy groups -OCH3 is 1. The summed E-state index contributed by atoms with van der Waals surface area (Å²) in [7, 11) is 1.62. The van der Waals surface area contributed by atoms with Crippen LogP contribution in [0, 0.1) is 0 Å². The third-order valence-electron chi connectivity index (χ3n) is 3.22. The van der Waals surface area contributed by atoms with Gasteiger partial charge in [0.1, 0.15) is 5.75 Å². The predicted octanol–water partition coefficient (Wildman–Crippen LogP) is 3.06. The minimum atomic E-state index is -0.282. The van der Waals surface area contributed by atoms with E-state index in [2.05, 4.69) is 10.4 Å². The number of hydrogen-bond donors (Lipinski definition) is 1. The summed E-state index contributed by atoms with van der Waals surface area (Å²) in [5.41, 5.74) is 1.23. The molecule has 1 aromatic heterocycles. The summed E-state index contributed by atoms with van der Waals surface area (Å²) < 4.78 is 6.75. The van der Waals surface area contributed by atoms with Crippen LogP contribution in [0.25, 0.3) is 0 Å². The van der Waals surface area contributed by atoms with Crippen molar-refractivity contribution in [3.05, 3.63) is 46.7 Å². The molecule has 0 saturated heterocycles. The molecule has 5 nitrogen and oxygen atoms in total. The van der Waals surface area contributed by atoms with Crippen molar-refractivity contribution in [3.63, 3.8) is 0 Å². The van der Waals surface area contributed by atoms with Crippen LogP contribution in [0.2, 0.25) is 5.02 Å². The molecule has 1 atom stereocenters. The van der Waals surface area contributed by atoms with Gasteiger partial charge in [-0.3, -0.25) is 9.48 Å². The largest absolute Gasteiger partial charge is 0.497 e. The fourth-order valence-corrected chi connectivity index (χ4v) is 2.19. The molecule has 1 aromatic carbocycles. The number of nitrogens with one attached hydrogen (secondary N) is 1. The fraction of sp³-hybridized carbons (Fsp3) is 0.333. The maximum Gasteiger partial charge on any atom is 0.273 e. The molecule has 6 heteroatoms. The average molecular weight is 308 g/mol. The second kappa shape index (κ2) is 6.63. The van der Waals surface area contributed by atoms with E-state index in [4.69, 9.17) is 16.3 Å². The molecule has 0 radical (unpaired) electrons. The number of benzene rings is 1. The first kappa shape index (κ1) is 15.4. The lowest BCUT2D eigenvalue weighted by molar-refractivity contribution is 0.0934. The Morgan fingerprint density at radius 1 is 1.43 bits per heavy atom. The summed E-state index contributed by atoms with van der Waals surface area (Å²) in [6.45, 7) is 4.51. The first-order valence-corrected chi connectivity index (χ1v) is 7.10. The number of rotatable bonds is 5. The van der Waals surface area contributed by atoms with Gasteiger partial charge >= 0.3 is 0 Å². The van der Waals surface area contributed by atoms with E-state index in [1.165, 1.54) is 0 Å². The molecular formula is C15H18ClN3O2. The highest BCUT2D eigenvalue weighted by Crippen LogP contribution is 2.19. The second-order valence-corrected chi connectivity index (χ2v) is 5.06. The minimum Gasteiger partial charge on any atom is -0.497 e. The smallest absolute Gasteiger partial charge is 0.273 e. The van der Waals surface area contributed by atoms with E-state index in [9.17, 15) is 4.79 Å². The Morgan fingerprint density at radius 2 is 2.10 bits per heavy atom. The number of halogens is 1. The van der Waals surface area contributed by atoms with Crippen molar-refractivity contribution in [2.75, 3.05) is 7.11 Å². The van der Waals surface area contributed by atoms with Crippen molar-refractivity contribution in [1.82, 2.24) is 15.1 Å². The molecule has 0 aliphatic heterocycles. The third kappa shape index (κ3) is 3.55. The van der Waals surface area contributed by atoms with Crippen molar-refractivity contribution < 1.29 is 9.53 Å². The van der Waals surface area contributed by atoms with Gasteiger partial charge in [-0.25, -0.2) is 0 Å². The summed E-state index contributed by atoms with van der Waals surface area (Å²) in [6.07, 6.45) is 1.65. The molecule has 1 heterocycles. The Hall–Kier alpha value is -2.01. The van der Waals surface area contributed by atoms with Crippen LogP contribution in [-0.2, 0) is 6.54 Å². The lowest BCUT2D eigenvalue weighted by Gasteiger charge is -2.14. The zero-order valence-corrected chi connectivity index (χ0v) is 13.0. The van der Waals surface area contributed by atoms with Crippen molar-refractivity contribution in [2.24, 2.45) is 0 Å². The van der Waals surface area contributed by atoms with Crippen molar-refractivity contribution >= 4 is 17.5 Å². The molecular weight excluding hydrogens is 290 g/mol. The van der Waals surface area contributed by atoms with Crippen LogP contribution in [0.1, 0.15) is 35.9 Å². The quantitative estimate of drug-likeness (QED) is 0.923. The van der Waals surface area contributed by atoms with E-state index in [0.717, 1.165) is 11.3 Å². The van der Waals surface area contributed by atoms with E-state index in [0.29, 0.717) is 11.6 Å². The normalized spacial score (nSPS) is 12.0. The number of amides is 1. The Balaban J connectivity index is 2.08. The average Bonchev–Trinajstić information content (AvgIpc) is 2.88. The molecule has 112 valence electrons. The van der Waals surface area contributed by atoms with Crippen LogP contribution in [-0.4, -0.2) is 22.8 Å². The van der Waals surface area contributed by atoms with Gasteiger partial charge in [-0.2, -0.15) is 5.10 Å². The zero-order chi connectivity index (χ0) is 15.4. The maximum atomic E-state index is 12.2. The fourth-order valence-electron chi connectivity index (χ4n) is 1.95. The number of aromatic nitrogens is 2. The summed E-state index contributed by atoms with van der Waals surface area (Å²) in [5, 5.41) is 7.40. The van der Waals surface area contributed by atoms with Crippen LogP contribution in [0.15, 0.2) is 30.5 Å². The molecule has 0 bridgehead atoms. The number of aryl methyl sites for hydroxylation is 1. The minimum absolute atomic E-state index is 0.147. The summed E-state index contributed by atoms with van der Waals surface area (Å²) >= 11 is 6.03. The van der Waals surface area contributed by atoms with Gasteiger partial charge in [0.2, 0.25) is 0 Å². The maximum absolute atomic E-state index is 12.2. The van der Waals surface area contributed by atoms with Crippen molar-refractivity contribution in [1.29, 1.82) is 0 Å². The first-order chi connectivity index (χ1) is 10.0. The summed E-state index contributed by atoms with van der Waals surface area (Å²) in [5.74, 6) is 0.498.